The first-order valence-electron chi connectivity index (χ1n) is 4.96. The molecule has 2 heterocycles. The summed E-state index contributed by atoms with van der Waals surface area (Å²) < 4.78 is 4.75. The monoisotopic (exact) mass is 198 g/mol. The number of carbonyl (C=O) groups is 2. The standard InChI is InChI=1S/C9H14N2O3/c12-8-6-14-9(13)3-5-11(8)7-2-1-4-10-7/h7,10H,1-6H2. The maximum absolute atomic E-state index is 11.6. The molecule has 1 amide bonds. The molecule has 0 radical (unpaired) electrons. The van der Waals surface area contributed by atoms with Crippen LogP contribution in [0.4, 0.5) is 0 Å². The molecule has 0 aromatic rings. The fourth-order valence-electron chi connectivity index (χ4n) is 1.90. The van der Waals surface area contributed by atoms with Gasteiger partial charge in [0, 0.05) is 6.54 Å². The Morgan fingerprint density at radius 2 is 2.29 bits per heavy atom. The molecule has 2 fully saturated rings. The highest BCUT2D eigenvalue weighted by atomic mass is 16.5. The smallest absolute Gasteiger partial charge is 0.308 e. The minimum absolute atomic E-state index is 0.0877. The van der Waals surface area contributed by atoms with E-state index in [9.17, 15) is 9.59 Å². The van der Waals surface area contributed by atoms with Crippen LogP contribution in [0, 0.1) is 0 Å². The number of nitrogens with zero attached hydrogens (tertiary/aromatic N) is 1. The molecule has 78 valence electrons. The average Bonchev–Trinajstić information content (AvgIpc) is 2.63. The molecule has 0 aliphatic carbocycles. The van der Waals surface area contributed by atoms with Gasteiger partial charge in [0.1, 0.15) is 0 Å². The summed E-state index contributed by atoms with van der Waals surface area (Å²) in [7, 11) is 0. The number of carbonyl (C=O) groups excluding carboxylic acids is 2. The fourth-order valence-corrected chi connectivity index (χ4v) is 1.90. The number of ether oxygens (including phenoxy) is 1. The van der Waals surface area contributed by atoms with Crippen LogP contribution in [0.15, 0.2) is 0 Å². The highest BCUT2D eigenvalue weighted by Crippen LogP contribution is 2.13. The Balaban J connectivity index is 2.01. The molecule has 2 saturated heterocycles. The summed E-state index contributed by atoms with van der Waals surface area (Å²) in [4.78, 5) is 24.2. The van der Waals surface area contributed by atoms with Crippen molar-refractivity contribution in [2.75, 3.05) is 19.7 Å². The zero-order valence-corrected chi connectivity index (χ0v) is 7.99. The number of cyclic esters (lactones) is 1. The predicted molar refractivity (Wildman–Crippen MR) is 48.3 cm³/mol. The minimum atomic E-state index is -0.279. The maximum atomic E-state index is 11.6. The second-order valence-electron chi connectivity index (χ2n) is 3.61. The van der Waals surface area contributed by atoms with Gasteiger partial charge in [0.2, 0.25) is 0 Å². The van der Waals surface area contributed by atoms with Crippen LogP contribution in [-0.2, 0) is 14.3 Å². The molecule has 2 aliphatic rings. The third kappa shape index (κ3) is 1.87. The van der Waals surface area contributed by atoms with E-state index in [4.69, 9.17) is 4.74 Å². The Bertz CT molecular complexity index is 248. The van der Waals surface area contributed by atoms with Crippen LogP contribution in [0.5, 0.6) is 0 Å². The van der Waals surface area contributed by atoms with Crippen LogP contribution in [0.1, 0.15) is 19.3 Å². The van der Waals surface area contributed by atoms with Gasteiger partial charge < -0.3 is 9.64 Å². The quantitative estimate of drug-likeness (QED) is 0.575. The molecule has 1 N–H and O–H groups in total. The molecule has 14 heavy (non-hydrogen) atoms. The highest BCUT2D eigenvalue weighted by Gasteiger charge is 2.29. The van der Waals surface area contributed by atoms with Crippen molar-refractivity contribution in [3.63, 3.8) is 0 Å². The topological polar surface area (TPSA) is 58.6 Å². The second kappa shape index (κ2) is 3.96. The predicted octanol–water partition coefficient (Wildman–Crippen LogP) is -0.529. The summed E-state index contributed by atoms with van der Waals surface area (Å²) in [6.45, 7) is 1.33. The van der Waals surface area contributed by atoms with Crippen molar-refractivity contribution in [1.82, 2.24) is 10.2 Å². The van der Waals surface area contributed by atoms with Gasteiger partial charge in [0.25, 0.3) is 5.91 Å². The van der Waals surface area contributed by atoms with Crippen molar-refractivity contribution in [3.05, 3.63) is 0 Å². The van der Waals surface area contributed by atoms with E-state index in [1.54, 1.807) is 4.90 Å². The molecule has 1 unspecified atom stereocenters. The molecule has 0 aromatic heterocycles. The van der Waals surface area contributed by atoms with Crippen LogP contribution in [0.25, 0.3) is 0 Å². The summed E-state index contributed by atoms with van der Waals surface area (Å²) in [6.07, 6.45) is 2.48. The van der Waals surface area contributed by atoms with Crippen molar-refractivity contribution < 1.29 is 14.3 Å². The summed E-state index contributed by atoms with van der Waals surface area (Å²) in [6, 6.07) is 0. The fraction of sp³-hybridized carbons (Fsp3) is 0.778. The van der Waals surface area contributed by atoms with E-state index in [-0.39, 0.29) is 24.6 Å². The van der Waals surface area contributed by atoms with Crippen LogP contribution >= 0.6 is 0 Å². The molecule has 5 nitrogen and oxygen atoms in total. The van der Waals surface area contributed by atoms with E-state index in [1.807, 2.05) is 0 Å². The van der Waals surface area contributed by atoms with Crippen LogP contribution < -0.4 is 5.32 Å². The summed E-state index contributed by atoms with van der Waals surface area (Å²) in [5.41, 5.74) is 0. The SMILES string of the molecule is O=C1CCN(C2CCCN2)C(=O)CO1. The second-order valence-corrected chi connectivity index (χ2v) is 3.61. The third-order valence-corrected chi connectivity index (χ3v) is 2.64. The molecule has 0 saturated carbocycles. The van der Waals surface area contributed by atoms with Gasteiger partial charge in [0.05, 0.1) is 12.6 Å². The van der Waals surface area contributed by atoms with E-state index in [0.29, 0.717) is 13.0 Å². The van der Waals surface area contributed by atoms with Crippen LogP contribution in [-0.4, -0.2) is 42.6 Å². The van der Waals surface area contributed by atoms with Crippen molar-refractivity contribution >= 4 is 11.9 Å². The Morgan fingerprint density at radius 1 is 1.43 bits per heavy atom. The number of hydrogen-bond acceptors (Lipinski definition) is 4. The largest absolute Gasteiger partial charge is 0.456 e. The lowest BCUT2D eigenvalue weighted by Crippen LogP contribution is -2.46. The number of amides is 1. The molecule has 1 atom stereocenters. The molecule has 0 spiro atoms. The lowest BCUT2D eigenvalue weighted by atomic mass is 10.3. The highest BCUT2D eigenvalue weighted by molar-refractivity contribution is 5.83. The van der Waals surface area contributed by atoms with E-state index in [1.165, 1.54) is 0 Å². The summed E-state index contributed by atoms with van der Waals surface area (Å²) >= 11 is 0. The van der Waals surface area contributed by atoms with Gasteiger partial charge >= 0.3 is 5.97 Å². The van der Waals surface area contributed by atoms with E-state index >= 15 is 0 Å². The summed E-state index contributed by atoms with van der Waals surface area (Å²) in [5.74, 6) is -0.367. The Kier molecular flexibility index (Phi) is 2.67. The molecule has 2 rings (SSSR count). The number of nitrogens with one attached hydrogen (secondary N) is 1. The van der Waals surface area contributed by atoms with Crippen molar-refractivity contribution in [2.24, 2.45) is 0 Å². The Morgan fingerprint density at radius 3 is 3.00 bits per heavy atom. The molecular weight excluding hydrogens is 184 g/mol. The molecule has 0 aromatic carbocycles. The maximum Gasteiger partial charge on any atom is 0.308 e. The molecule has 0 bridgehead atoms. The number of rotatable bonds is 1. The third-order valence-electron chi connectivity index (χ3n) is 2.64. The van der Waals surface area contributed by atoms with E-state index < -0.39 is 0 Å². The minimum Gasteiger partial charge on any atom is -0.456 e. The van der Waals surface area contributed by atoms with Gasteiger partial charge in [-0.1, -0.05) is 0 Å². The summed E-state index contributed by atoms with van der Waals surface area (Å²) in [5, 5.41) is 3.24. The van der Waals surface area contributed by atoms with E-state index in [2.05, 4.69) is 5.32 Å². The van der Waals surface area contributed by atoms with Gasteiger partial charge in [-0.05, 0) is 19.4 Å². The van der Waals surface area contributed by atoms with Gasteiger partial charge in [0.15, 0.2) is 6.61 Å². The molecular formula is C9H14N2O3. The van der Waals surface area contributed by atoms with Crippen molar-refractivity contribution in [2.45, 2.75) is 25.4 Å². The zero-order valence-electron chi connectivity index (χ0n) is 7.99. The molecule has 5 heteroatoms. The lowest BCUT2D eigenvalue weighted by Gasteiger charge is -2.26. The Labute approximate surface area is 82.4 Å². The number of hydrogen-bond donors (Lipinski definition) is 1. The number of esters is 1. The molecule has 2 aliphatic heterocycles. The first kappa shape index (κ1) is 9.45. The van der Waals surface area contributed by atoms with Crippen molar-refractivity contribution in [1.29, 1.82) is 0 Å². The van der Waals surface area contributed by atoms with Crippen LogP contribution in [0.3, 0.4) is 0 Å². The van der Waals surface area contributed by atoms with Gasteiger partial charge in [-0.25, -0.2) is 0 Å². The van der Waals surface area contributed by atoms with Gasteiger partial charge in [-0.3, -0.25) is 14.9 Å². The lowest BCUT2D eigenvalue weighted by molar-refractivity contribution is -0.148. The van der Waals surface area contributed by atoms with Gasteiger partial charge in [-0.2, -0.15) is 0 Å². The van der Waals surface area contributed by atoms with Crippen LogP contribution in [0.2, 0.25) is 0 Å². The zero-order chi connectivity index (χ0) is 9.97. The first-order chi connectivity index (χ1) is 6.77. The van der Waals surface area contributed by atoms with Gasteiger partial charge in [-0.15, -0.1) is 0 Å². The van der Waals surface area contributed by atoms with Crippen molar-refractivity contribution in [3.8, 4) is 0 Å². The van der Waals surface area contributed by atoms with E-state index in [0.717, 1.165) is 19.4 Å². The first-order valence-corrected chi connectivity index (χ1v) is 4.96. The average molecular weight is 198 g/mol. The Hall–Kier alpha value is -1.10. The normalized spacial score (nSPS) is 28.9.